The molecule has 2 heterocycles. The number of hydrazine groups is 1. The molecule has 1 aromatic carbocycles. The van der Waals surface area contributed by atoms with Crippen molar-refractivity contribution < 1.29 is 4.42 Å². The number of imidazole rings is 1. The smallest absolute Gasteiger partial charge is 0.111 e. The molecule has 0 saturated heterocycles. The summed E-state index contributed by atoms with van der Waals surface area (Å²) in [7, 11) is 2.03. The summed E-state index contributed by atoms with van der Waals surface area (Å²) in [4.78, 5) is 4.68. The fraction of sp³-hybridized carbons (Fsp3) is 0.267. The Hall–Kier alpha value is -2.11. The molecule has 0 spiro atoms. The summed E-state index contributed by atoms with van der Waals surface area (Å²) in [5, 5.41) is 0. The van der Waals surface area contributed by atoms with Gasteiger partial charge in [-0.25, -0.2) is 4.98 Å². The molecule has 1 atom stereocenters. The molecular weight excluding hydrogens is 252 g/mol. The summed E-state index contributed by atoms with van der Waals surface area (Å²) in [5.41, 5.74) is 6.05. The molecular formula is C15H18N4O. The second-order valence-electron chi connectivity index (χ2n) is 4.93. The molecule has 1 unspecified atom stereocenters. The van der Waals surface area contributed by atoms with Crippen LogP contribution in [-0.2, 0) is 13.5 Å². The molecule has 0 bridgehead atoms. The molecule has 5 nitrogen and oxygen atoms in total. The predicted molar refractivity (Wildman–Crippen MR) is 77.9 cm³/mol. The zero-order chi connectivity index (χ0) is 14.1. The van der Waals surface area contributed by atoms with Crippen LogP contribution in [0, 0.1) is 6.92 Å². The van der Waals surface area contributed by atoms with Crippen molar-refractivity contribution in [1.82, 2.24) is 15.0 Å². The molecule has 5 heteroatoms. The second-order valence-corrected chi connectivity index (χ2v) is 4.93. The molecule has 0 radical (unpaired) electrons. The average Bonchev–Trinajstić information content (AvgIpc) is 3.01. The van der Waals surface area contributed by atoms with E-state index in [1.54, 1.807) is 6.26 Å². The predicted octanol–water partition coefficient (Wildman–Crippen LogP) is 2.22. The van der Waals surface area contributed by atoms with Gasteiger partial charge in [-0.3, -0.25) is 11.3 Å². The van der Waals surface area contributed by atoms with Crippen LogP contribution >= 0.6 is 0 Å². The number of hydrogen-bond donors (Lipinski definition) is 2. The summed E-state index contributed by atoms with van der Waals surface area (Å²) in [6.07, 6.45) is 2.39. The minimum absolute atomic E-state index is 0.00994. The number of fused-ring (bicyclic) bond motifs is 1. The van der Waals surface area contributed by atoms with Gasteiger partial charge in [0.15, 0.2) is 0 Å². The number of nitrogens with two attached hydrogens (primary N) is 1. The highest BCUT2D eigenvalue weighted by Crippen LogP contribution is 2.23. The Balaban J connectivity index is 1.95. The lowest BCUT2D eigenvalue weighted by atomic mass is 10.1. The van der Waals surface area contributed by atoms with E-state index in [9.17, 15) is 0 Å². The first kappa shape index (κ1) is 12.9. The van der Waals surface area contributed by atoms with Crippen LogP contribution in [0.1, 0.15) is 23.2 Å². The molecule has 3 N–H and O–H groups in total. The topological polar surface area (TPSA) is 69.0 Å². The van der Waals surface area contributed by atoms with E-state index < -0.39 is 0 Å². The fourth-order valence-corrected chi connectivity index (χ4v) is 2.58. The molecule has 0 aliphatic carbocycles. The first-order chi connectivity index (χ1) is 9.70. The van der Waals surface area contributed by atoms with Gasteiger partial charge in [0.2, 0.25) is 0 Å². The van der Waals surface area contributed by atoms with Crippen molar-refractivity contribution in [3.63, 3.8) is 0 Å². The van der Waals surface area contributed by atoms with Crippen molar-refractivity contribution in [2.45, 2.75) is 19.4 Å². The summed E-state index contributed by atoms with van der Waals surface area (Å²) in [5.74, 6) is 7.57. The van der Waals surface area contributed by atoms with Gasteiger partial charge in [0.05, 0.1) is 23.3 Å². The number of hydrogen-bond acceptors (Lipinski definition) is 4. The van der Waals surface area contributed by atoms with Gasteiger partial charge in [-0.05, 0) is 25.1 Å². The maximum atomic E-state index is 5.70. The van der Waals surface area contributed by atoms with Crippen molar-refractivity contribution in [1.29, 1.82) is 0 Å². The third kappa shape index (κ3) is 2.11. The molecule has 0 aliphatic heterocycles. The van der Waals surface area contributed by atoms with Crippen LogP contribution in [0.4, 0.5) is 0 Å². The van der Waals surface area contributed by atoms with E-state index in [4.69, 9.17) is 10.3 Å². The quantitative estimate of drug-likeness (QED) is 0.563. The van der Waals surface area contributed by atoms with Crippen molar-refractivity contribution in [2.75, 3.05) is 0 Å². The average molecular weight is 270 g/mol. The monoisotopic (exact) mass is 270 g/mol. The van der Waals surface area contributed by atoms with Crippen LogP contribution < -0.4 is 11.3 Å². The first-order valence-electron chi connectivity index (χ1n) is 6.61. The van der Waals surface area contributed by atoms with Gasteiger partial charge in [0, 0.05) is 19.0 Å². The Kier molecular flexibility index (Phi) is 3.30. The van der Waals surface area contributed by atoms with Crippen molar-refractivity contribution in [3.05, 3.63) is 53.7 Å². The molecule has 0 aliphatic rings. The number of furan rings is 1. The lowest BCUT2D eigenvalue weighted by Crippen LogP contribution is -2.30. The summed E-state index contributed by atoms with van der Waals surface area (Å²) in [6.45, 7) is 1.94. The van der Waals surface area contributed by atoms with E-state index in [1.165, 1.54) is 0 Å². The number of benzene rings is 1. The molecule has 0 amide bonds. The zero-order valence-electron chi connectivity index (χ0n) is 11.6. The van der Waals surface area contributed by atoms with Gasteiger partial charge in [-0.2, -0.15) is 0 Å². The lowest BCUT2D eigenvalue weighted by Gasteiger charge is -2.15. The van der Waals surface area contributed by atoms with Crippen LogP contribution in [0.15, 0.2) is 41.0 Å². The van der Waals surface area contributed by atoms with Crippen LogP contribution in [0.5, 0.6) is 0 Å². The third-order valence-corrected chi connectivity index (χ3v) is 3.74. The van der Waals surface area contributed by atoms with Crippen molar-refractivity contribution in [2.24, 2.45) is 12.9 Å². The summed E-state index contributed by atoms with van der Waals surface area (Å²) in [6, 6.07) is 10.0. The molecule has 20 heavy (non-hydrogen) atoms. The van der Waals surface area contributed by atoms with Gasteiger partial charge in [0.1, 0.15) is 11.6 Å². The van der Waals surface area contributed by atoms with E-state index in [1.807, 2.05) is 38.2 Å². The second kappa shape index (κ2) is 5.11. The van der Waals surface area contributed by atoms with Crippen LogP contribution in [0.3, 0.4) is 0 Å². The Bertz CT molecular complexity index is 728. The van der Waals surface area contributed by atoms with Crippen LogP contribution in [-0.4, -0.2) is 9.55 Å². The lowest BCUT2D eigenvalue weighted by molar-refractivity contribution is 0.494. The van der Waals surface area contributed by atoms with E-state index in [2.05, 4.69) is 21.0 Å². The van der Waals surface area contributed by atoms with Crippen molar-refractivity contribution in [3.8, 4) is 0 Å². The maximum Gasteiger partial charge on any atom is 0.111 e. The third-order valence-electron chi connectivity index (χ3n) is 3.74. The molecule has 0 fully saturated rings. The molecule has 2 aromatic heterocycles. The summed E-state index contributed by atoms with van der Waals surface area (Å²) >= 11 is 0. The number of nitrogens with one attached hydrogen (secondary N) is 1. The molecule has 3 rings (SSSR count). The molecule has 104 valence electrons. The molecule has 0 saturated carbocycles. The van der Waals surface area contributed by atoms with E-state index in [0.29, 0.717) is 6.42 Å². The molecule has 3 aromatic rings. The highest BCUT2D eigenvalue weighted by Gasteiger charge is 2.18. The van der Waals surface area contributed by atoms with E-state index in [-0.39, 0.29) is 6.04 Å². The number of rotatable bonds is 4. The standard InChI is InChI=1S/C15H18N4O/c1-10-11(7-8-20-10)13(18-16)9-15-17-12-5-3-4-6-14(12)19(15)2/h3-8,13,18H,9,16H2,1-2H3. The minimum atomic E-state index is -0.00994. The van der Waals surface area contributed by atoms with Gasteiger partial charge < -0.3 is 8.98 Å². The number of aromatic nitrogens is 2. The van der Waals surface area contributed by atoms with Crippen molar-refractivity contribution >= 4 is 11.0 Å². The minimum Gasteiger partial charge on any atom is -0.469 e. The normalized spacial score (nSPS) is 12.9. The fourth-order valence-electron chi connectivity index (χ4n) is 2.58. The van der Waals surface area contributed by atoms with Gasteiger partial charge >= 0.3 is 0 Å². The largest absolute Gasteiger partial charge is 0.469 e. The van der Waals surface area contributed by atoms with Crippen LogP contribution in [0.25, 0.3) is 11.0 Å². The van der Waals surface area contributed by atoms with E-state index >= 15 is 0 Å². The Morgan fingerprint density at radius 2 is 2.15 bits per heavy atom. The Morgan fingerprint density at radius 3 is 2.80 bits per heavy atom. The van der Waals surface area contributed by atoms with Gasteiger partial charge in [-0.1, -0.05) is 12.1 Å². The summed E-state index contributed by atoms with van der Waals surface area (Å²) < 4.78 is 7.46. The number of nitrogens with zero attached hydrogens (tertiary/aromatic N) is 2. The van der Waals surface area contributed by atoms with E-state index in [0.717, 1.165) is 28.2 Å². The maximum absolute atomic E-state index is 5.70. The highest BCUT2D eigenvalue weighted by atomic mass is 16.3. The van der Waals surface area contributed by atoms with Crippen LogP contribution in [0.2, 0.25) is 0 Å². The first-order valence-corrected chi connectivity index (χ1v) is 6.61. The highest BCUT2D eigenvalue weighted by molar-refractivity contribution is 5.75. The number of para-hydroxylation sites is 2. The Labute approximate surface area is 117 Å². The SMILES string of the molecule is Cc1occc1C(Cc1nc2ccccc2n1C)NN. The van der Waals surface area contributed by atoms with Gasteiger partial charge in [-0.15, -0.1) is 0 Å². The Morgan fingerprint density at radius 1 is 1.35 bits per heavy atom. The zero-order valence-corrected chi connectivity index (χ0v) is 11.6. The number of aryl methyl sites for hydroxylation is 2. The van der Waals surface area contributed by atoms with Gasteiger partial charge in [0.25, 0.3) is 0 Å².